The molecule has 0 fully saturated rings. The van der Waals surface area contributed by atoms with Gasteiger partial charge < -0.3 is 24.8 Å². The Hall–Kier alpha value is -2.05. The van der Waals surface area contributed by atoms with Crippen molar-refractivity contribution in [1.29, 1.82) is 0 Å². The van der Waals surface area contributed by atoms with E-state index in [2.05, 4.69) is 0 Å². The lowest BCUT2D eigenvalue weighted by molar-refractivity contribution is 0.0871. The minimum Gasteiger partial charge on any atom is -0.508 e. The second-order valence-corrected chi connectivity index (χ2v) is 5.28. The Kier molecular flexibility index (Phi) is 4.20. The maximum absolute atomic E-state index is 11.9. The molecule has 2 aromatic rings. The number of phenolic OH excluding ortho intramolecular Hbond substituents is 2. The van der Waals surface area contributed by atoms with Crippen LogP contribution in [0, 0.1) is 6.92 Å². The maximum Gasteiger partial charge on any atom is 0.347 e. The number of aliphatic hydroxyl groups is 2. The van der Waals surface area contributed by atoms with Crippen molar-refractivity contribution in [2.45, 2.75) is 38.9 Å². The van der Waals surface area contributed by atoms with Crippen molar-refractivity contribution in [1.82, 2.24) is 0 Å². The summed E-state index contributed by atoms with van der Waals surface area (Å²) < 4.78 is 5.08. The zero-order chi connectivity index (χ0) is 15.7. The van der Waals surface area contributed by atoms with Crippen LogP contribution in [0.5, 0.6) is 11.5 Å². The van der Waals surface area contributed by atoms with Gasteiger partial charge in [0.1, 0.15) is 22.6 Å². The van der Waals surface area contributed by atoms with Crippen molar-refractivity contribution >= 4 is 10.8 Å². The average Bonchev–Trinajstić information content (AvgIpc) is 2.34. The summed E-state index contributed by atoms with van der Waals surface area (Å²) in [6, 6.07) is 2.85. The van der Waals surface area contributed by atoms with E-state index in [1.54, 1.807) is 6.92 Å². The highest BCUT2D eigenvalue weighted by Gasteiger charge is 2.16. The fraction of sp³-hybridized carbons (Fsp3) is 0.400. The van der Waals surface area contributed by atoms with Gasteiger partial charge in [-0.1, -0.05) is 0 Å². The number of fused-ring (bicyclic) bond motifs is 1. The summed E-state index contributed by atoms with van der Waals surface area (Å²) in [5.74, 6) is -0.209. The lowest BCUT2D eigenvalue weighted by atomic mass is 10.0. The molecule has 114 valence electrons. The van der Waals surface area contributed by atoms with E-state index in [1.165, 1.54) is 19.1 Å². The molecule has 2 atom stereocenters. The Bertz CT molecular complexity index is 716. The number of aromatic hydroxyl groups is 2. The van der Waals surface area contributed by atoms with Gasteiger partial charge in [-0.2, -0.15) is 0 Å². The van der Waals surface area contributed by atoms with Gasteiger partial charge in [0.2, 0.25) is 0 Å². The van der Waals surface area contributed by atoms with Crippen LogP contribution in [-0.2, 0) is 6.42 Å². The highest BCUT2D eigenvalue weighted by Crippen LogP contribution is 2.33. The van der Waals surface area contributed by atoms with Gasteiger partial charge in [0.05, 0.1) is 12.2 Å². The van der Waals surface area contributed by atoms with Crippen LogP contribution in [0.2, 0.25) is 0 Å². The minimum atomic E-state index is -0.849. The number of aliphatic hydroxyl groups excluding tert-OH is 2. The summed E-state index contributed by atoms with van der Waals surface area (Å²) in [7, 11) is 0. The van der Waals surface area contributed by atoms with Gasteiger partial charge in [-0.25, -0.2) is 4.79 Å². The molecule has 0 aliphatic carbocycles. The Morgan fingerprint density at radius 2 is 1.90 bits per heavy atom. The van der Waals surface area contributed by atoms with Gasteiger partial charge in [-0.3, -0.25) is 0 Å². The van der Waals surface area contributed by atoms with Crippen LogP contribution in [0.15, 0.2) is 21.3 Å². The van der Waals surface area contributed by atoms with Gasteiger partial charge in [0.25, 0.3) is 0 Å². The monoisotopic (exact) mass is 294 g/mol. The molecule has 0 saturated carbocycles. The lowest BCUT2D eigenvalue weighted by Crippen LogP contribution is -2.18. The molecular formula is C15H18O6. The first kappa shape index (κ1) is 15.3. The molecule has 6 nitrogen and oxygen atoms in total. The molecule has 0 saturated heterocycles. The van der Waals surface area contributed by atoms with E-state index < -0.39 is 17.8 Å². The summed E-state index contributed by atoms with van der Waals surface area (Å²) in [6.45, 7) is 3.04. The fourth-order valence-corrected chi connectivity index (χ4v) is 2.28. The number of hydrogen-bond donors (Lipinski definition) is 4. The normalized spacial score (nSPS) is 14.3. The quantitative estimate of drug-likeness (QED) is 0.674. The van der Waals surface area contributed by atoms with Crippen molar-refractivity contribution in [3.63, 3.8) is 0 Å². The summed E-state index contributed by atoms with van der Waals surface area (Å²) >= 11 is 0. The Balaban J connectivity index is 2.46. The first-order chi connectivity index (χ1) is 9.79. The SMILES string of the molecule is Cc1c(O)cc2cc(CC(O)CC(C)O)oc(=O)c2c1O. The highest BCUT2D eigenvalue weighted by molar-refractivity contribution is 5.90. The number of phenols is 2. The molecule has 21 heavy (non-hydrogen) atoms. The van der Waals surface area contributed by atoms with E-state index in [4.69, 9.17) is 4.42 Å². The van der Waals surface area contributed by atoms with Gasteiger partial charge in [-0.05, 0) is 37.8 Å². The largest absolute Gasteiger partial charge is 0.508 e. The van der Waals surface area contributed by atoms with Crippen molar-refractivity contribution in [3.05, 3.63) is 33.9 Å². The van der Waals surface area contributed by atoms with Crippen LogP contribution in [0.25, 0.3) is 10.8 Å². The number of rotatable bonds is 4. The molecule has 0 spiro atoms. The van der Waals surface area contributed by atoms with Gasteiger partial charge >= 0.3 is 5.63 Å². The van der Waals surface area contributed by atoms with Crippen LogP contribution >= 0.6 is 0 Å². The molecule has 4 N–H and O–H groups in total. The molecule has 0 radical (unpaired) electrons. The molecule has 1 heterocycles. The second-order valence-electron chi connectivity index (χ2n) is 5.28. The van der Waals surface area contributed by atoms with Crippen LogP contribution in [-0.4, -0.2) is 32.6 Å². The van der Waals surface area contributed by atoms with Crippen LogP contribution < -0.4 is 5.63 Å². The molecule has 2 unspecified atom stereocenters. The van der Waals surface area contributed by atoms with Crippen LogP contribution in [0.1, 0.15) is 24.7 Å². The van der Waals surface area contributed by atoms with E-state index in [-0.39, 0.29) is 41.1 Å². The fourth-order valence-electron chi connectivity index (χ4n) is 2.28. The van der Waals surface area contributed by atoms with Crippen molar-refractivity contribution in [2.24, 2.45) is 0 Å². The Morgan fingerprint density at radius 3 is 2.52 bits per heavy atom. The standard InChI is InChI=1S/C15H18O6/c1-7(16)3-10(17)6-11-4-9-5-12(18)8(2)14(19)13(9)15(20)21-11/h4-5,7,10,16-19H,3,6H2,1-2H3. The molecule has 0 bridgehead atoms. The Labute approximate surface area is 120 Å². The van der Waals surface area contributed by atoms with E-state index in [9.17, 15) is 25.2 Å². The molecule has 0 aliphatic rings. The molecule has 6 heteroatoms. The van der Waals surface area contributed by atoms with E-state index in [0.717, 1.165) is 0 Å². The maximum atomic E-state index is 11.9. The summed E-state index contributed by atoms with van der Waals surface area (Å²) in [5.41, 5.74) is -0.524. The summed E-state index contributed by atoms with van der Waals surface area (Å²) in [4.78, 5) is 11.9. The molecule has 2 rings (SSSR count). The van der Waals surface area contributed by atoms with Crippen LogP contribution in [0.3, 0.4) is 0 Å². The lowest BCUT2D eigenvalue weighted by Gasteiger charge is -2.12. The third kappa shape index (κ3) is 3.17. The smallest absolute Gasteiger partial charge is 0.347 e. The van der Waals surface area contributed by atoms with Crippen molar-refractivity contribution in [2.75, 3.05) is 0 Å². The zero-order valence-electron chi connectivity index (χ0n) is 11.8. The van der Waals surface area contributed by atoms with E-state index in [1.807, 2.05) is 0 Å². The highest BCUT2D eigenvalue weighted by atomic mass is 16.4. The molecule has 1 aromatic carbocycles. The average molecular weight is 294 g/mol. The van der Waals surface area contributed by atoms with Crippen molar-refractivity contribution in [3.8, 4) is 11.5 Å². The number of hydrogen-bond acceptors (Lipinski definition) is 6. The predicted octanol–water partition coefficient (Wildman–Crippen LogP) is 1.19. The first-order valence-corrected chi connectivity index (χ1v) is 6.64. The number of benzene rings is 1. The molecular weight excluding hydrogens is 276 g/mol. The van der Waals surface area contributed by atoms with Crippen LogP contribution in [0.4, 0.5) is 0 Å². The molecule has 0 amide bonds. The minimum absolute atomic E-state index is 0.000865. The van der Waals surface area contributed by atoms with Gasteiger partial charge in [-0.15, -0.1) is 0 Å². The Morgan fingerprint density at radius 1 is 1.24 bits per heavy atom. The topological polar surface area (TPSA) is 111 Å². The van der Waals surface area contributed by atoms with Gasteiger partial charge in [0, 0.05) is 12.0 Å². The third-order valence-electron chi connectivity index (χ3n) is 3.35. The third-order valence-corrected chi connectivity index (χ3v) is 3.35. The van der Waals surface area contributed by atoms with E-state index in [0.29, 0.717) is 5.39 Å². The zero-order valence-corrected chi connectivity index (χ0v) is 11.8. The predicted molar refractivity (Wildman–Crippen MR) is 76.6 cm³/mol. The van der Waals surface area contributed by atoms with Gasteiger partial charge in [0.15, 0.2) is 0 Å². The molecule has 1 aromatic heterocycles. The summed E-state index contributed by atoms with van der Waals surface area (Å²) in [6.07, 6.45) is -1.29. The second kappa shape index (κ2) is 5.75. The first-order valence-electron chi connectivity index (χ1n) is 6.64. The van der Waals surface area contributed by atoms with Crippen molar-refractivity contribution < 1.29 is 24.8 Å². The molecule has 0 aliphatic heterocycles. The summed E-state index contributed by atoms with van der Waals surface area (Å²) in [5, 5.41) is 38.9. The van der Waals surface area contributed by atoms with E-state index >= 15 is 0 Å².